The molecule has 2 aromatic heterocycles. The lowest BCUT2D eigenvalue weighted by molar-refractivity contribution is -0.0507. The van der Waals surface area contributed by atoms with E-state index < -0.39 is 59.6 Å². The van der Waals surface area contributed by atoms with Crippen molar-refractivity contribution in [2.75, 3.05) is 12.3 Å². The molecule has 2 aromatic rings. The third-order valence-electron chi connectivity index (χ3n) is 4.31. The number of imidazole rings is 1. The van der Waals surface area contributed by atoms with Crippen molar-refractivity contribution in [3.63, 3.8) is 0 Å². The minimum atomic E-state index is -6.74. The number of alkyl halides is 2. The molecule has 0 amide bonds. The molecule has 17 nitrogen and oxygen atoms in total. The van der Waals surface area contributed by atoms with Crippen LogP contribution in [-0.4, -0.2) is 79.6 Å². The molecular formula is C11H16F2N5O12P3. The Morgan fingerprint density at radius 3 is 2.33 bits per heavy atom. The van der Waals surface area contributed by atoms with E-state index >= 15 is 0 Å². The highest BCUT2D eigenvalue weighted by Crippen LogP contribution is 2.78. The summed E-state index contributed by atoms with van der Waals surface area (Å²) in [5, 5.41) is 14.7. The second-order valence-corrected chi connectivity index (χ2v) is 12.0. The number of ether oxygens (including phenoxy) is 1. The fraction of sp³-hybridized carbons (Fsp3) is 0.545. The Hall–Kier alpha value is -1.46. The van der Waals surface area contributed by atoms with Gasteiger partial charge in [-0.25, -0.2) is 23.8 Å². The molecule has 1 saturated heterocycles. The minimum Gasteiger partial charge on any atom is -0.387 e. The van der Waals surface area contributed by atoms with Crippen molar-refractivity contribution in [1.82, 2.24) is 19.5 Å². The lowest BCUT2D eigenvalue weighted by atomic mass is 10.1. The molecule has 0 radical (unpaired) electrons. The first-order valence-corrected chi connectivity index (χ1v) is 13.1. The van der Waals surface area contributed by atoms with Crippen molar-refractivity contribution in [2.45, 2.75) is 29.9 Å². The van der Waals surface area contributed by atoms with Gasteiger partial charge in [-0.3, -0.25) is 13.7 Å². The third kappa shape index (κ3) is 4.86. The number of phosphoric acid groups is 1. The zero-order valence-electron chi connectivity index (χ0n) is 15.8. The van der Waals surface area contributed by atoms with Crippen LogP contribution in [0.3, 0.4) is 0 Å². The first-order valence-electron chi connectivity index (χ1n) is 8.38. The molecule has 0 bridgehead atoms. The van der Waals surface area contributed by atoms with Gasteiger partial charge < -0.3 is 44.8 Å². The predicted molar refractivity (Wildman–Crippen MR) is 99.3 cm³/mol. The molecule has 1 aliphatic rings. The van der Waals surface area contributed by atoms with Crippen LogP contribution in [0.5, 0.6) is 0 Å². The summed E-state index contributed by atoms with van der Waals surface area (Å²) in [7, 11) is -19.2. The molecule has 186 valence electrons. The van der Waals surface area contributed by atoms with Gasteiger partial charge in [-0.1, -0.05) is 0 Å². The fourth-order valence-electron chi connectivity index (χ4n) is 2.76. The van der Waals surface area contributed by atoms with Gasteiger partial charge in [-0.05, 0) is 0 Å². The van der Waals surface area contributed by atoms with E-state index in [1.807, 2.05) is 0 Å². The number of rotatable bonds is 8. The Labute approximate surface area is 181 Å². The number of hydrogen-bond donors (Lipinski definition) is 7. The topological polar surface area (TPSA) is 270 Å². The number of nitrogen functional groups attached to an aromatic ring is 1. The standard InChI is InChI=1S/C11H16F2N5O12P3/c12-11(13,32(23,24)30-33(25,26)27)31(21,22)28-1-4-6(19)7(20)10(29-4)18-3-17-5-8(14)15-2-16-9(5)18/h2-4,6-7,10,19-20H,1H2,(H,21,22)(H,23,24)(H2,14,15,16)(H2,25,26,27)/t4-,6-,7-,10-/m1/s1. The third-order valence-corrected chi connectivity index (χ3v) is 9.42. The molecule has 1 fully saturated rings. The van der Waals surface area contributed by atoms with Crippen LogP contribution in [0.4, 0.5) is 14.6 Å². The van der Waals surface area contributed by atoms with Crippen molar-refractivity contribution >= 4 is 40.0 Å². The van der Waals surface area contributed by atoms with Gasteiger partial charge in [0.1, 0.15) is 30.2 Å². The maximum absolute atomic E-state index is 14.1. The van der Waals surface area contributed by atoms with E-state index in [4.69, 9.17) is 25.2 Å². The van der Waals surface area contributed by atoms with Gasteiger partial charge in [0, 0.05) is 0 Å². The Bertz CT molecular complexity index is 1190. The highest BCUT2D eigenvalue weighted by molar-refractivity contribution is 7.75. The molecule has 6 atom stereocenters. The van der Waals surface area contributed by atoms with Gasteiger partial charge in [0.05, 0.1) is 12.9 Å². The van der Waals surface area contributed by atoms with E-state index in [9.17, 15) is 37.6 Å². The summed E-state index contributed by atoms with van der Waals surface area (Å²) in [6, 6.07) is 0. The summed E-state index contributed by atoms with van der Waals surface area (Å²) in [6.07, 6.45) is -4.66. The van der Waals surface area contributed by atoms with Crippen LogP contribution < -0.4 is 5.73 Å². The van der Waals surface area contributed by atoms with Crippen molar-refractivity contribution < 1.29 is 65.8 Å². The number of nitrogens with two attached hydrogens (primary N) is 1. The van der Waals surface area contributed by atoms with Gasteiger partial charge in [0.2, 0.25) is 0 Å². The number of aromatic nitrogens is 4. The molecule has 0 aliphatic carbocycles. The fourth-order valence-corrected chi connectivity index (χ4v) is 6.59. The maximum Gasteiger partial charge on any atom is 0.477 e. The molecule has 1 aliphatic heterocycles. The quantitative estimate of drug-likeness (QED) is 0.199. The number of fused-ring (bicyclic) bond motifs is 1. The van der Waals surface area contributed by atoms with Crippen LogP contribution >= 0.6 is 23.0 Å². The highest BCUT2D eigenvalue weighted by Gasteiger charge is 2.68. The number of halogens is 2. The maximum atomic E-state index is 14.1. The van der Waals surface area contributed by atoms with Gasteiger partial charge in [-0.2, -0.15) is 8.78 Å². The molecule has 33 heavy (non-hydrogen) atoms. The molecule has 8 N–H and O–H groups in total. The number of aliphatic hydroxyl groups is 2. The second kappa shape index (κ2) is 8.64. The normalized spacial score (nSPS) is 28.0. The molecule has 3 rings (SSSR count). The average Bonchev–Trinajstić information content (AvgIpc) is 3.21. The Morgan fingerprint density at radius 1 is 1.09 bits per heavy atom. The van der Waals surface area contributed by atoms with Crippen LogP contribution in [-0.2, 0) is 27.3 Å². The molecule has 3 heterocycles. The van der Waals surface area contributed by atoms with E-state index in [1.165, 1.54) is 0 Å². The van der Waals surface area contributed by atoms with Gasteiger partial charge in [0.25, 0.3) is 0 Å². The first kappa shape index (κ1) is 26.2. The number of hydrogen-bond acceptors (Lipinski definition) is 12. The molecule has 0 saturated carbocycles. The molecule has 0 spiro atoms. The summed E-state index contributed by atoms with van der Waals surface area (Å²) in [5.41, 5.74) is 5.79. The summed E-state index contributed by atoms with van der Waals surface area (Å²) in [4.78, 5) is 47.0. The summed E-state index contributed by atoms with van der Waals surface area (Å²) in [6.45, 7) is -1.34. The predicted octanol–water partition coefficient (Wildman–Crippen LogP) is -0.925. The van der Waals surface area contributed by atoms with E-state index in [1.54, 1.807) is 0 Å². The Balaban J connectivity index is 1.77. The Morgan fingerprint density at radius 2 is 1.73 bits per heavy atom. The van der Waals surface area contributed by atoms with Crippen molar-refractivity contribution in [3.05, 3.63) is 12.7 Å². The van der Waals surface area contributed by atoms with Crippen molar-refractivity contribution in [2.24, 2.45) is 0 Å². The monoisotopic (exact) mass is 541 g/mol. The lowest BCUT2D eigenvalue weighted by Crippen LogP contribution is -2.34. The zero-order chi connectivity index (χ0) is 25.0. The van der Waals surface area contributed by atoms with Crippen LogP contribution in [0.15, 0.2) is 12.7 Å². The molecule has 0 aromatic carbocycles. The SMILES string of the molecule is Nc1ncnc2c1ncn2[C@@H]1O[C@H](COP(=O)(O)C(F)(F)P(=O)(O)OP(=O)(O)O)[C@@H](O)[C@H]1O. The second-order valence-electron chi connectivity index (χ2n) is 6.55. The van der Waals surface area contributed by atoms with Crippen molar-refractivity contribution in [3.8, 4) is 0 Å². The van der Waals surface area contributed by atoms with E-state index in [2.05, 4.69) is 23.8 Å². The van der Waals surface area contributed by atoms with Crippen LogP contribution in [0.2, 0.25) is 0 Å². The van der Waals surface area contributed by atoms with E-state index in [0.29, 0.717) is 0 Å². The van der Waals surface area contributed by atoms with Crippen LogP contribution in [0.1, 0.15) is 6.23 Å². The minimum absolute atomic E-state index is 0.0268. The first-order chi connectivity index (χ1) is 15.0. The number of aliphatic hydroxyl groups excluding tert-OH is 2. The highest BCUT2D eigenvalue weighted by atomic mass is 31.3. The van der Waals surface area contributed by atoms with E-state index in [0.717, 1.165) is 17.2 Å². The van der Waals surface area contributed by atoms with E-state index in [-0.39, 0.29) is 17.0 Å². The molecular weight excluding hydrogens is 525 g/mol. The summed E-state index contributed by atoms with van der Waals surface area (Å²) >= 11 is 0. The van der Waals surface area contributed by atoms with Crippen LogP contribution in [0, 0.1) is 0 Å². The average molecular weight is 541 g/mol. The largest absolute Gasteiger partial charge is 0.477 e. The zero-order valence-corrected chi connectivity index (χ0v) is 18.5. The summed E-state index contributed by atoms with van der Waals surface area (Å²) < 4.78 is 75.7. The van der Waals surface area contributed by atoms with Gasteiger partial charge in [-0.15, -0.1) is 0 Å². The molecule has 22 heteroatoms. The lowest BCUT2D eigenvalue weighted by Gasteiger charge is -2.26. The Kier molecular flexibility index (Phi) is 6.85. The van der Waals surface area contributed by atoms with Gasteiger partial charge in [0.15, 0.2) is 17.7 Å². The summed E-state index contributed by atoms with van der Waals surface area (Å²) in [5.74, 6) is -0.0268. The van der Waals surface area contributed by atoms with Gasteiger partial charge >= 0.3 is 28.4 Å². The smallest absolute Gasteiger partial charge is 0.387 e. The van der Waals surface area contributed by atoms with Crippen molar-refractivity contribution in [1.29, 1.82) is 0 Å². The number of anilines is 1. The van der Waals surface area contributed by atoms with Crippen LogP contribution in [0.25, 0.3) is 11.2 Å². The number of nitrogens with zero attached hydrogens (tertiary/aromatic N) is 4. The molecule has 2 unspecified atom stereocenters.